The van der Waals surface area contributed by atoms with Crippen molar-refractivity contribution in [2.45, 2.75) is 33.7 Å². The van der Waals surface area contributed by atoms with Gasteiger partial charge in [0.2, 0.25) is 5.91 Å². The van der Waals surface area contributed by atoms with Crippen LogP contribution in [-0.2, 0) is 4.79 Å². The quantitative estimate of drug-likeness (QED) is 0.842. The number of piperazine rings is 1. The van der Waals surface area contributed by atoms with E-state index in [0.29, 0.717) is 18.7 Å². The summed E-state index contributed by atoms with van der Waals surface area (Å²) >= 11 is 0. The second-order valence-electron chi connectivity index (χ2n) is 6.77. The average Bonchev–Trinajstić information content (AvgIpc) is 2.59. The van der Waals surface area contributed by atoms with Gasteiger partial charge in [0.1, 0.15) is 6.04 Å². The van der Waals surface area contributed by atoms with Crippen molar-refractivity contribution >= 4 is 17.5 Å². The lowest BCUT2D eigenvalue weighted by atomic mass is 10.0. The second-order valence-corrected chi connectivity index (χ2v) is 6.77. The first-order valence-corrected chi connectivity index (χ1v) is 8.65. The summed E-state index contributed by atoms with van der Waals surface area (Å²) in [5.74, 6) is -0.0959. The molecule has 1 aliphatic heterocycles. The van der Waals surface area contributed by atoms with Crippen molar-refractivity contribution < 1.29 is 9.59 Å². The van der Waals surface area contributed by atoms with E-state index in [9.17, 15) is 9.59 Å². The van der Waals surface area contributed by atoms with Gasteiger partial charge in [0.15, 0.2) is 0 Å². The molecule has 4 nitrogen and oxygen atoms in total. The van der Waals surface area contributed by atoms with Crippen molar-refractivity contribution in [1.29, 1.82) is 0 Å². The Morgan fingerprint density at radius 1 is 1.00 bits per heavy atom. The smallest absolute Gasteiger partial charge is 0.254 e. The predicted molar refractivity (Wildman–Crippen MR) is 99.9 cm³/mol. The first kappa shape index (κ1) is 17.2. The fourth-order valence-corrected chi connectivity index (χ4v) is 3.36. The monoisotopic (exact) mass is 336 g/mol. The fourth-order valence-electron chi connectivity index (χ4n) is 3.36. The van der Waals surface area contributed by atoms with E-state index in [2.05, 4.69) is 0 Å². The van der Waals surface area contributed by atoms with Crippen molar-refractivity contribution in [1.82, 2.24) is 4.90 Å². The molecule has 2 aromatic carbocycles. The summed E-state index contributed by atoms with van der Waals surface area (Å²) in [6.07, 6.45) is 0. The van der Waals surface area contributed by atoms with Crippen LogP contribution in [0, 0.1) is 20.8 Å². The van der Waals surface area contributed by atoms with E-state index in [1.54, 1.807) is 4.90 Å². The van der Waals surface area contributed by atoms with Gasteiger partial charge in [-0.1, -0.05) is 30.3 Å². The number of benzene rings is 2. The zero-order valence-corrected chi connectivity index (χ0v) is 15.2. The molecule has 3 rings (SSSR count). The minimum Gasteiger partial charge on any atom is -0.325 e. The number of amides is 2. The molecule has 0 aromatic heterocycles. The van der Waals surface area contributed by atoms with Crippen LogP contribution >= 0.6 is 0 Å². The lowest BCUT2D eigenvalue weighted by molar-refractivity contribution is -0.124. The van der Waals surface area contributed by atoms with Crippen molar-refractivity contribution in [2.75, 3.05) is 18.0 Å². The predicted octanol–water partition coefficient (Wildman–Crippen LogP) is 3.49. The number of anilines is 1. The second kappa shape index (κ2) is 6.71. The van der Waals surface area contributed by atoms with Gasteiger partial charge in [-0.05, 0) is 56.5 Å². The lowest BCUT2D eigenvalue weighted by Crippen LogP contribution is -2.58. The highest BCUT2D eigenvalue weighted by Crippen LogP contribution is 2.26. The number of nitrogens with zero attached hydrogens (tertiary/aromatic N) is 2. The van der Waals surface area contributed by atoms with Crippen molar-refractivity contribution in [2.24, 2.45) is 0 Å². The molecule has 1 atom stereocenters. The van der Waals surface area contributed by atoms with Crippen LogP contribution in [0.2, 0.25) is 0 Å². The molecule has 2 amide bonds. The van der Waals surface area contributed by atoms with Crippen LogP contribution in [0.15, 0.2) is 42.5 Å². The largest absolute Gasteiger partial charge is 0.325 e. The maximum atomic E-state index is 13.0. The van der Waals surface area contributed by atoms with Crippen molar-refractivity contribution in [3.05, 3.63) is 64.7 Å². The van der Waals surface area contributed by atoms with E-state index in [0.717, 1.165) is 22.4 Å². The maximum Gasteiger partial charge on any atom is 0.254 e. The van der Waals surface area contributed by atoms with Gasteiger partial charge in [-0.25, -0.2) is 0 Å². The lowest BCUT2D eigenvalue weighted by Gasteiger charge is -2.40. The molecule has 1 fully saturated rings. The van der Waals surface area contributed by atoms with Gasteiger partial charge in [-0.2, -0.15) is 0 Å². The van der Waals surface area contributed by atoms with E-state index in [-0.39, 0.29) is 11.8 Å². The zero-order valence-electron chi connectivity index (χ0n) is 15.2. The molecule has 2 aromatic rings. The summed E-state index contributed by atoms with van der Waals surface area (Å²) in [5.41, 5.74) is 4.75. The topological polar surface area (TPSA) is 40.6 Å². The van der Waals surface area contributed by atoms with Crippen molar-refractivity contribution in [3.8, 4) is 0 Å². The summed E-state index contributed by atoms with van der Waals surface area (Å²) in [7, 11) is 0. The average molecular weight is 336 g/mol. The van der Waals surface area contributed by atoms with Crippen LogP contribution in [0.3, 0.4) is 0 Å². The first-order chi connectivity index (χ1) is 11.9. The Morgan fingerprint density at radius 3 is 2.44 bits per heavy atom. The Kier molecular flexibility index (Phi) is 4.62. The molecule has 0 saturated carbocycles. The van der Waals surface area contributed by atoms with Crippen LogP contribution in [0.4, 0.5) is 5.69 Å². The van der Waals surface area contributed by atoms with Gasteiger partial charge in [-0.15, -0.1) is 0 Å². The highest BCUT2D eigenvalue weighted by molar-refractivity contribution is 6.04. The minimum absolute atomic E-state index is 0.0260. The molecule has 1 saturated heterocycles. The Hall–Kier alpha value is -2.62. The molecule has 1 aliphatic rings. The Labute approximate surface area is 149 Å². The van der Waals surface area contributed by atoms with Crippen LogP contribution < -0.4 is 4.90 Å². The molecule has 0 unspecified atom stereocenters. The molecular formula is C21H24N2O2. The third-order valence-corrected chi connectivity index (χ3v) is 4.95. The van der Waals surface area contributed by atoms with Gasteiger partial charge in [0.25, 0.3) is 5.91 Å². The molecule has 0 spiro atoms. The third-order valence-electron chi connectivity index (χ3n) is 4.95. The van der Waals surface area contributed by atoms with E-state index >= 15 is 0 Å². The molecule has 0 radical (unpaired) electrons. The Bertz CT molecular complexity index is 828. The zero-order chi connectivity index (χ0) is 18.1. The molecule has 1 heterocycles. The van der Waals surface area contributed by atoms with Crippen LogP contribution in [0.25, 0.3) is 0 Å². The number of carbonyl (C=O) groups is 2. The van der Waals surface area contributed by atoms with Gasteiger partial charge in [-0.3, -0.25) is 9.59 Å². The number of hydrogen-bond acceptors (Lipinski definition) is 2. The summed E-state index contributed by atoms with van der Waals surface area (Å²) in [4.78, 5) is 29.3. The number of hydrogen-bond donors (Lipinski definition) is 0. The molecule has 130 valence electrons. The molecule has 4 heteroatoms. The van der Waals surface area contributed by atoms with Crippen molar-refractivity contribution in [3.63, 3.8) is 0 Å². The van der Waals surface area contributed by atoms with E-state index in [4.69, 9.17) is 0 Å². The Balaban J connectivity index is 1.86. The first-order valence-electron chi connectivity index (χ1n) is 8.65. The normalized spacial score (nSPS) is 17.8. The van der Waals surface area contributed by atoms with Crippen LogP contribution in [0.1, 0.15) is 34.0 Å². The highest BCUT2D eigenvalue weighted by atomic mass is 16.2. The maximum absolute atomic E-state index is 13.0. The number of rotatable bonds is 2. The van der Waals surface area contributed by atoms with Crippen LogP contribution in [-0.4, -0.2) is 35.8 Å². The van der Waals surface area contributed by atoms with E-state index in [1.165, 1.54) is 0 Å². The number of carbonyl (C=O) groups excluding carboxylic acids is 2. The van der Waals surface area contributed by atoms with Gasteiger partial charge in [0, 0.05) is 24.3 Å². The summed E-state index contributed by atoms with van der Waals surface area (Å²) in [6.45, 7) is 8.83. The minimum atomic E-state index is -0.472. The summed E-state index contributed by atoms with van der Waals surface area (Å²) in [5, 5.41) is 0. The summed E-state index contributed by atoms with van der Waals surface area (Å²) in [6, 6.07) is 13.2. The highest BCUT2D eigenvalue weighted by Gasteiger charge is 2.36. The Morgan fingerprint density at radius 2 is 1.72 bits per heavy atom. The number of aryl methyl sites for hydroxylation is 3. The standard InChI is InChI=1S/C21H24N2O2/c1-14-9-10-16(3)19(13-14)23-12-11-22(17(4)20(23)24)21(25)18-8-6-5-7-15(18)2/h5-10,13,17H,11-12H2,1-4H3/t17-/m1/s1. The van der Waals surface area contributed by atoms with Gasteiger partial charge < -0.3 is 9.80 Å². The SMILES string of the molecule is Cc1ccc(C)c(N2CCN(C(=O)c3ccccc3C)[C@H](C)C2=O)c1. The van der Waals surface area contributed by atoms with E-state index in [1.807, 2.05) is 75.1 Å². The molecule has 0 N–H and O–H groups in total. The molecule has 0 bridgehead atoms. The van der Waals surface area contributed by atoms with Gasteiger partial charge in [0.05, 0.1) is 0 Å². The molecule has 25 heavy (non-hydrogen) atoms. The summed E-state index contributed by atoms with van der Waals surface area (Å²) < 4.78 is 0. The van der Waals surface area contributed by atoms with Crippen LogP contribution in [0.5, 0.6) is 0 Å². The molecule has 0 aliphatic carbocycles. The van der Waals surface area contributed by atoms with Gasteiger partial charge >= 0.3 is 0 Å². The third kappa shape index (κ3) is 3.16. The fraction of sp³-hybridized carbons (Fsp3) is 0.333. The van der Waals surface area contributed by atoms with E-state index < -0.39 is 6.04 Å². The molecular weight excluding hydrogens is 312 g/mol.